The van der Waals surface area contributed by atoms with Crippen LogP contribution in [0.25, 0.3) is 22.2 Å². The highest BCUT2D eigenvalue weighted by Gasteiger charge is 2.48. The van der Waals surface area contributed by atoms with Crippen LogP contribution in [0.1, 0.15) is 53.3 Å². The van der Waals surface area contributed by atoms with Crippen molar-refractivity contribution in [3.63, 3.8) is 0 Å². The second-order valence-corrected chi connectivity index (χ2v) is 11.5. The number of ketones is 1. The maximum atomic E-state index is 13.4. The number of benzene rings is 3. The molecule has 7 nitrogen and oxygen atoms in total. The fourth-order valence-corrected chi connectivity index (χ4v) is 6.19. The van der Waals surface area contributed by atoms with Crippen molar-refractivity contribution in [1.82, 2.24) is 4.98 Å². The number of amides is 2. The predicted molar refractivity (Wildman–Crippen MR) is 158 cm³/mol. The Morgan fingerprint density at radius 1 is 0.902 bits per heavy atom. The average molecular weight is 611 g/mol. The van der Waals surface area contributed by atoms with Crippen LogP contribution in [0.4, 0.5) is 5.69 Å². The van der Waals surface area contributed by atoms with E-state index < -0.39 is 12.1 Å². The van der Waals surface area contributed by atoms with Gasteiger partial charge in [0.05, 0.1) is 34.3 Å². The van der Waals surface area contributed by atoms with Crippen molar-refractivity contribution in [2.24, 2.45) is 11.8 Å². The van der Waals surface area contributed by atoms with Crippen LogP contribution in [0.15, 0.2) is 83.3 Å². The van der Waals surface area contributed by atoms with E-state index in [0.717, 1.165) is 30.2 Å². The van der Waals surface area contributed by atoms with Crippen molar-refractivity contribution < 1.29 is 23.9 Å². The summed E-state index contributed by atoms with van der Waals surface area (Å²) in [5.74, 6) is -1.61. The van der Waals surface area contributed by atoms with Gasteiger partial charge in [-0.2, -0.15) is 0 Å². The zero-order valence-electron chi connectivity index (χ0n) is 22.4. The second-order valence-electron chi connectivity index (χ2n) is 10.6. The second kappa shape index (κ2) is 11.0. The molecule has 2 aliphatic rings. The first-order chi connectivity index (χ1) is 19.8. The molecule has 1 saturated heterocycles. The first-order valence-electron chi connectivity index (χ1n) is 13.7. The summed E-state index contributed by atoms with van der Waals surface area (Å²) in [6, 6.07) is 22.9. The van der Waals surface area contributed by atoms with Gasteiger partial charge >= 0.3 is 5.97 Å². The highest BCUT2D eigenvalue weighted by atomic mass is 79.9. The highest BCUT2D eigenvalue weighted by molar-refractivity contribution is 9.10. The van der Waals surface area contributed by atoms with Crippen LogP contribution in [0.2, 0.25) is 0 Å². The Morgan fingerprint density at radius 3 is 2.22 bits per heavy atom. The molecule has 8 heteroatoms. The number of halogens is 1. The number of ether oxygens (including phenoxy) is 1. The molecular weight excluding hydrogens is 584 g/mol. The molecule has 2 heterocycles. The number of carbonyl (C=O) groups is 4. The van der Waals surface area contributed by atoms with Crippen molar-refractivity contribution in [1.29, 1.82) is 0 Å². The standard InChI is InChI=1S/C33H27BrN2O5/c1-19(30(37)21-7-3-2-4-8-21)41-33(40)27-18-29(35-28-16-13-22(34)17-26(27)28)20-11-14-23(15-12-20)36-31(38)24-9-5-6-10-25(24)32(36)39/h2-4,7-8,11-19,24-25H,5-6,9-10H2,1H3. The summed E-state index contributed by atoms with van der Waals surface area (Å²) in [4.78, 5) is 58.4. The summed E-state index contributed by atoms with van der Waals surface area (Å²) in [6.45, 7) is 1.56. The molecule has 1 aromatic heterocycles. The Balaban J connectivity index is 1.31. The minimum absolute atomic E-state index is 0.119. The number of carbonyl (C=O) groups excluding carboxylic acids is 4. The molecule has 2 amide bonds. The number of esters is 1. The minimum Gasteiger partial charge on any atom is -0.451 e. The Labute approximate surface area is 245 Å². The van der Waals surface area contributed by atoms with E-state index >= 15 is 0 Å². The van der Waals surface area contributed by atoms with Gasteiger partial charge in [0.15, 0.2) is 6.10 Å². The molecule has 3 unspecified atom stereocenters. The van der Waals surface area contributed by atoms with Crippen LogP contribution in [-0.4, -0.2) is 34.7 Å². The highest BCUT2D eigenvalue weighted by Crippen LogP contribution is 2.40. The van der Waals surface area contributed by atoms with Crippen LogP contribution in [-0.2, 0) is 14.3 Å². The number of Topliss-reactive ketones (excluding diaryl/α,β-unsaturated/α-hetero) is 1. The van der Waals surface area contributed by atoms with Crippen molar-refractivity contribution in [2.45, 2.75) is 38.7 Å². The van der Waals surface area contributed by atoms with Gasteiger partial charge in [0.25, 0.3) is 0 Å². The minimum atomic E-state index is -0.984. The van der Waals surface area contributed by atoms with Crippen molar-refractivity contribution >= 4 is 56.1 Å². The van der Waals surface area contributed by atoms with E-state index in [4.69, 9.17) is 9.72 Å². The molecule has 206 valence electrons. The number of rotatable bonds is 6. The Kier molecular flexibility index (Phi) is 7.26. The summed E-state index contributed by atoms with van der Waals surface area (Å²) in [6.07, 6.45) is 2.48. The molecule has 0 N–H and O–H groups in total. The fraction of sp³-hybridized carbons (Fsp3) is 0.242. The largest absolute Gasteiger partial charge is 0.451 e. The van der Waals surface area contributed by atoms with E-state index in [1.165, 1.54) is 4.90 Å². The summed E-state index contributed by atoms with van der Waals surface area (Å²) >= 11 is 3.46. The lowest BCUT2D eigenvalue weighted by atomic mass is 9.81. The smallest absolute Gasteiger partial charge is 0.339 e. The monoisotopic (exact) mass is 610 g/mol. The number of pyridine rings is 1. The third-order valence-corrected chi connectivity index (χ3v) is 8.46. The molecule has 1 aliphatic heterocycles. The number of anilines is 1. The zero-order valence-corrected chi connectivity index (χ0v) is 24.0. The topological polar surface area (TPSA) is 93.6 Å². The normalized spacial score (nSPS) is 19.2. The average Bonchev–Trinajstić information content (AvgIpc) is 3.26. The summed E-state index contributed by atoms with van der Waals surface area (Å²) in [5.41, 5.74) is 3.08. The van der Waals surface area contributed by atoms with E-state index in [9.17, 15) is 19.2 Å². The molecule has 41 heavy (non-hydrogen) atoms. The molecular formula is C33H27BrN2O5. The molecule has 3 aromatic carbocycles. The van der Waals surface area contributed by atoms with Gasteiger partial charge < -0.3 is 4.74 Å². The Bertz CT molecular complexity index is 1660. The summed E-state index contributed by atoms with van der Waals surface area (Å²) in [7, 11) is 0. The number of imide groups is 1. The molecule has 0 bridgehead atoms. The lowest BCUT2D eigenvalue weighted by molar-refractivity contribution is -0.122. The molecule has 0 radical (unpaired) electrons. The first kappa shape index (κ1) is 27.0. The number of aromatic nitrogens is 1. The Morgan fingerprint density at radius 2 is 1.56 bits per heavy atom. The van der Waals surface area contributed by atoms with Crippen LogP contribution in [0.3, 0.4) is 0 Å². The van der Waals surface area contributed by atoms with Crippen LogP contribution >= 0.6 is 15.9 Å². The maximum absolute atomic E-state index is 13.4. The van der Waals surface area contributed by atoms with E-state index in [0.29, 0.717) is 33.4 Å². The van der Waals surface area contributed by atoms with Crippen molar-refractivity contribution in [3.8, 4) is 11.3 Å². The molecule has 1 aliphatic carbocycles. The van der Waals surface area contributed by atoms with E-state index in [1.807, 2.05) is 12.1 Å². The van der Waals surface area contributed by atoms with Crippen molar-refractivity contribution in [3.05, 3.63) is 94.5 Å². The van der Waals surface area contributed by atoms with Gasteiger partial charge in [0, 0.05) is 21.0 Å². The zero-order chi connectivity index (χ0) is 28.7. The van der Waals surface area contributed by atoms with Crippen LogP contribution in [0.5, 0.6) is 0 Å². The van der Waals surface area contributed by atoms with Gasteiger partial charge in [0.2, 0.25) is 17.6 Å². The van der Waals surface area contributed by atoms with Gasteiger partial charge in [-0.05, 0) is 56.2 Å². The molecule has 0 spiro atoms. The lowest BCUT2D eigenvalue weighted by Crippen LogP contribution is -2.30. The van der Waals surface area contributed by atoms with Gasteiger partial charge in [-0.25, -0.2) is 9.78 Å². The van der Waals surface area contributed by atoms with Crippen molar-refractivity contribution in [2.75, 3.05) is 4.90 Å². The Hall–Kier alpha value is -4.17. The first-order valence-corrected chi connectivity index (χ1v) is 14.5. The third kappa shape index (κ3) is 5.08. The predicted octanol–water partition coefficient (Wildman–Crippen LogP) is 6.77. The molecule has 2 fully saturated rings. The van der Waals surface area contributed by atoms with Gasteiger partial charge in [-0.15, -0.1) is 0 Å². The SMILES string of the molecule is CC(OC(=O)c1cc(-c2ccc(N3C(=O)C4CCCCC4C3=O)cc2)nc2ccc(Br)cc12)C(=O)c1ccccc1. The molecule has 3 atom stereocenters. The fourth-order valence-electron chi connectivity index (χ4n) is 5.83. The lowest BCUT2D eigenvalue weighted by Gasteiger charge is -2.19. The number of hydrogen-bond acceptors (Lipinski definition) is 6. The third-order valence-electron chi connectivity index (χ3n) is 7.96. The van der Waals surface area contributed by atoms with Gasteiger partial charge in [-0.3, -0.25) is 19.3 Å². The van der Waals surface area contributed by atoms with Gasteiger partial charge in [0.1, 0.15) is 0 Å². The van der Waals surface area contributed by atoms with E-state index in [1.54, 1.807) is 73.7 Å². The molecule has 1 saturated carbocycles. The summed E-state index contributed by atoms with van der Waals surface area (Å²) < 4.78 is 6.41. The molecule has 4 aromatic rings. The number of hydrogen-bond donors (Lipinski definition) is 0. The van der Waals surface area contributed by atoms with Crippen LogP contribution < -0.4 is 4.90 Å². The number of nitrogens with zero attached hydrogens (tertiary/aromatic N) is 2. The van der Waals surface area contributed by atoms with E-state index in [2.05, 4.69) is 15.9 Å². The maximum Gasteiger partial charge on any atom is 0.339 e. The molecule has 6 rings (SSSR count). The quantitative estimate of drug-likeness (QED) is 0.136. The number of fused-ring (bicyclic) bond motifs is 2. The van der Waals surface area contributed by atoms with E-state index in [-0.39, 0.29) is 35.0 Å². The van der Waals surface area contributed by atoms with Crippen LogP contribution in [0, 0.1) is 11.8 Å². The summed E-state index contributed by atoms with van der Waals surface area (Å²) in [5, 5.41) is 0.583. The van der Waals surface area contributed by atoms with Gasteiger partial charge in [-0.1, -0.05) is 71.2 Å².